The molecule has 0 aliphatic rings. The molecule has 0 saturated heterocycles. The van der Waals surface area contributed by atoms with Crippen molar-refractivity contribution in [1.29, 1.82) is 0 Å². The Kier molecular flexibility index (Phi) is 3.89. The predicted octanol–water partition coefficient (Wildman–Crippen LogP) is 3.12. The number of hydrogen-bond acceptors (Lipinski definition) is 3. The van der Waals surface area contributed by atoms with E-state index in [0.29, 0.717) is 27.5 Å². The molecule has 5 heteroatoms. The van der Waals surface area contributed by atoms with Gasteiger partial charge in [0.1, 0.15) is 5.15 Å². The Balaban J connectivity index is 2.98. The van der Waals surface area contributed by atoms with Crippen molar-refractivity contribution in [1.82, 2.24) is 4.98 Å². The molecule has 0 radical (unpaired) electrons. The smallest absolute Gasteiger partial charge is 0.310 e. The molecule has 76 valence electrons. The number of carbonyl (C=O) groups is 1. The highest BCUT2D eigenvalue weighted by molar-refractivity contribution is 9.10. The summed E-state index contributed by atoms with van der Waals surface area (Å²) in [5.74, 6) is 0.150. The van der Waals surface area contributed by atoms with Gasteiger partial charge in [0.15, 0.2) is 5.75 Å². The van der Waals surface area contributed by atoms with Crippen LogP contribution in [0.4, 0.5) is 0 Å². The van der Waals surface area contributed by atoms with Gasteiger partial charge in [0.05, 0.1) is 10.2 Å². The highest BCUT2D eigenvalue weighted by atomic mass is 79.9. The average Bonchev–Trinajstić information content (AvgIpc) is 2.14. The number of pyridine rings is 1. The van der Waals surface area contributed by atoms with E-state index in [-0.39, 0.29) is 5.97 Å². The molecule has 1 aromatic heterocycles. The van der Waals surface area contributed by atoms with Crippen molar-refractivity contribution >= 4 is 33.5 Å². The Labute approximate surface area is 95.6 Å². The van der Waals surface area contributed by atoms with Gasteiger partial charge in [-0.3, -0.25) is 4.79 Å². The molecule has 0 spiro atoms. The summed E-state index contributed by atoms with van der Waals surface area (Å²) in [6.07, 6.45) is 0.333. The van der Waals surface area contributed by atoms with Gasteiger partial charge in [-0.05, 0) is 22.9 Å². The number of aromatic nitrogens is 1. The summed E-state index contributed by atoms with van der Waals surface area (Å²) in [5.41, 5.74) is 0.597. The molecule has 1 rings (SSSR count). The van der Waals surface area contributed by atoms with Gasteiger partial charge in [-0.2, -0.15) is 0 Å². The lowest BCUT2D eigenvalue weighted by atomic mass is 10.3. The van der Waals surface area contributed by atoms with E-state index in [1.165, 1.54) is 0 Å². The summed E-state index contributed by atoms with van der Waals surface area (Å²) in [6, 6.07) is 1.64. The Hall–Kier alpha value is -0.610. The Morgan fingerprint density at radius 2 is 2.36 bits per heavy atom. The molecule has 0 aliphatic heterocycles. The normalized spacial score (nSPS) is 10.0. The average molecular weight is 279 g/mol. The second-order valence-corrected chi connectivity index (χ2v) is 3.88. The van der Waals surface area contributed by atoms with Gasteiger partial charge in [0, 0.05) is 12.5 Å². The third-order valence-corrected chi connectivity index (χ3v) is 2.71. The summed E-state index contributed by atoms with van der Waals surface area (Å²) < 4.78 is 5.65. The zero-order chi connectivity index (χ0) is 10.7. The van der Waals surface area contributed by atoms with Crippen molar-refractivity contribution in [2.75, 3.05) is 0 Å². The van der Waals surface area contributed by atoms with Gasteiger partial charge in [-0.15, -0.1) is 0 Å². The first-order valence-corrected chi connectivity index (χ1v) is 5.25. The molecular weight excluding hydrogens is 269 g/mol. The van der Waals surface area contributed by atoms with E-state index in [1.54, 1.807) is 19.9 Å². The fraction of sp³-hybridized carbons (Fsp3) is 0.333. The molecule has 3 nitrogen and oxygen atoms in total. The van der Waals surface area contributed by atoms with Gasteiger partial charge < -0.3 is 4.74 Å². The highest BCUT2D eigenvalue weighted by Crippen LogP contribution is 2.27. The van der Waals surface area contributed by atoms with Crippen LogP contribution in [-0.4, -0.2) is 11.0 Å². The minimum Gasteiger partial charge on any atom is -0.425 e. The molecular formula is C9H9BrClNO2. The van der Waals surface area contributed by atoms with Crippen molar-refractivity contribution in [3.8, 4) is 5.75 Å². The quantitative estimate of drug-likeness (QED) is 0.616. The molecule has 0 bridgehead atoms. The largest absolute Gasteiger partial charge is 0.425 e. The van der Waals surface area contributed by atoms with E-state index < -0.39 is 0 Å². The first-order valence-electron chi connectivity index (χ1n) is 4.08. The van der Waals surface area contributed by atoms with Crippen LogP contribution in [0.15, 0.2) is 10.5 Å². The van der Waals surface area contributed by atoms with Crippen LogP contribution in [0.3, 0.4) is 0 Å². The maximum Gasteiger partial charge on any atom is 0.310 e. The predicted molar refractivity (Wildman–Crippen MR) is 57.6 cm³/mol. The zero-order valence-corrected chi connectivity index (χ0v) is 10.1. The van der Waals surface area contributed by atoms with E-state index in [0.717, 1.165) is 0 Å². The van der Waals surface area contributed by atoms with Crippen molar-refractivity contribution in [2.24, 2.45) is 0 Å². The molecule has 0 fully saturated rings. The summed E-state index contributed by atoms with van der Waals surface area (Å²) in [6.45, 7) is 3.46. The fourth-order valence-corrected chi connectivity index (χ4v) is 1.31. The lowest BCUT2D eigenvalue weighted by Crippen LogP contribution is -2.07. The van der Waals surface area contributed by atoms with E-state index in [9.17, 15) is 4.79 Å². The molecule has 1 aromatic rings. The maximum absolute atomic E-state index is 11.0. The van der Waals surface area contributed by atoms with Crippen molar-refractivity contribution in [3.05, 3.63) is 21.4 Å². The number of rotatable bonds is 2. The SMILES string of the molecule is CCC(=O)Oc1cc(Br)c(Cl)nc1C. The fourth-order valence-electron chi connectivity index (χ4n) is 0.833. The Bertz CT molecular complexity index is 368. The number of nitrogens with zero attached hydrogens (tertiary/aromatic N) is 1. The van der Waals surface area contributed by atoms with Crippen LogP contribution < -0.4 is 4.74 Å². The third kappa shape index (κ3) is 2.69. The minimum atomic E-state index is -0.288. The van der Waals surface area contributed by atoms with Gasteiger partial charge in [0.25, 0.3) is 0 Å². The Morgan fingerprint density at radius 3 is 2.93 bits per heavy atom. The Morgan fingerprint density at radius 1 is 1.71 bits per heavy atom. The van der Waals surface area contributed by atoms with E-state index >= 15 is 0 Å². The van der Waals surface area contributed by atoms with Crippen LogP contribution in [0, 0.1) is 6.92 Å². The maximum atomic E-state index is 11.0. The third-order valence-electron chi connectivity index (χ3n) is 1.59. The summed E-state index contributed by atoms with van der Waals surface area (Å²) in [7, 11) is 0. The van der Waals surface area contributed by atoms with Gasteiger partial charge >= 0.3 is 5.97 Å². The van der Waals surface area contributed by atoms with Crippen LogP contribution in [0.5, 0.6) is 5.75 Å². The summed E-state index contributed by atoms with van der Waals surface area (Å²) in [4.78, 5) is 15.0. The van der Waals surface area contributed by atoms with Crippen molar-refractivity contribution in [3.63, 3.8) is 0 Å². The molecule has 0 atom stereocenters. The van der Waals surface area contributed by atoms with E-state index in [4.69, 9.17) is 16.3 Å². The van der Waals surface area contributed by atoms with Crippen LogP contribution in [-0.2, 0) is 4.79 Å². The molecule has 0 N–H and O–H groups in total. The molecule has 0 saturated carbocycles. The topological polar surface area (TPSA) is 39.2 Å². The zero-order valence-electron chi connectivity index (χ0n) is 7.80. The molecule has 0 unspecified atom stereocenters. The number of hydrogen-bond donors (Lipinski definition) is 0. The number of ether oxygens (including phenoxy) is 1. The minimum absolute atomic E-state index is 0.288. The number of halogens is 2. The molecule has 14 heavy (non-hydrogen) atoms. The monoisotopic (exact) mass is 277 g/mol. The number of esters is 1. The molecule has 0 amide bonds. The van der Waals surface area contributed by atoms with Crippen molar-refractivity contribution < 1.29 is 9.53 Å². The first kappa shape index (κ1) is 11.5. The summed E-state index contributed by atoms with van der Waals surface area (Å²) >= 11 is 8.96. The molecule has 1 heterocycles. The highest BCUT2D eigenvalue weighted by Gasteiger charge is 2.09. The molecule has 0 aromatic carbocycles. The van der Waals surface area contributed by atoms with Crippen LogP contribution in [0.25, 0.3) is 0 Å². The van der Waals surface area contributed by atoms with Crippen LogP contribution in [0.1, 0.15) is 19.0 Å². The van der Waals surface area contributed by atoms with Crippen LogP contribution in [0.2, 0.25) is 5.15 Å². The van der Waals surface area contributed by atoms with Crippen molar-refractivity contribution in [2.45, 2.75) is 20.3 Å². The lowest BCUT2D eigenvalue weighted by Gasteiger charge is -2.06. The van der Waals surface area contributed by atoms with Crippen LogP contribution >= 0.6 is 27.5 Å². The lowest BCUT2D eigenvalue weighted by molar-refractivity contribution is -0.134. The first-order chi connectivity index (χ1) is 6.54. The second kappa shape index (κ2) is 4.75. The van der Waals surface area contributed by atoms with E-state index in [2.05, 4.69) is 20.9 Å². The van der Waals surface area contributed by atoms with E-state index in [1.807, 2.05) is 0 Å². The number of aryl methyl sites for hydroxylation is 1. The summed E-state index contributed by atoms with van der Waals surface area (Å²) in [5, 5.41) is 0.360. The van der Waals surface area contributed by atoms with Gasteiger partial charge in [-0.1, -0.05) is 18.5 Å². The van der Waals surface area contributed by atoms with Gasteiger partial charge in [-0.25, -0.2) is 4.98 Å². The molecule has 0 aliphatic carbocycles. The second-order valence-electron chi connectivity index (χ2n) is 2.67. The van der Waals surface area contributed by atoms with Gasteiger partial charge in [0.2, 0.25) is 0 Å². The number of carbonyl (C=O) groups excluding carboxylic acids is 1. The standard InChI is InChI=1S/C9H9BrClNO2/c1-3-8(13)14-7-4-6(10)9(11)12-5(7)2/h4H,3H2,1-2H3.